The molecule has 0 saturated carbocycles. The molecule has 15 heavy (non-hydrogen) atoms. The van der Waals surface area contributed by atoms with Crippen molar-refractivity contribution < 1.29 is 0 Å². The Bertz CT molecular complexity index is 298. The van der Waals surface area contributed by atoms with Crippen molar-refractivity contribution in [2.75, 3.05) is 37.5 Å². The van der Waals surface area contributed by atoms with Crippen molar-refractivity contribution in [3.05, 3.63) is 12.3 Å². The summed E-state index contributed by atoms with van der Waals surface area (Å²) in [6.07, 6.45) is 4.17. The average molecular weight is 208 g/mol. The van der Waals surface area contributed by atoms with Crippen LogP contribution in [0.1, 0.15) is 19.8 Å². The van der Waals surface area contributed by atoms with Gasteiger partial charge in [-0.3, -0.25) is 0 Å². The molecule has 1 rings (SSSR count). The van der Waals surface area contributed by atoms with Gasteiger partial charge in [0.05, 0.1) is 0 Å². The van der Waals surface area contributed by atoms with E-state index in [0.29, 0.717) is 0 Å². The molecular weight excluding hydrogens is 188 g/mol. The molecule has 0 radical (unpaired) electrons. The van der Waals surface area contributed by atoms with Crippen LogP contribution >= 0.6 is 0 Å². The lowest BCUT2D eigenvalue weighted by Crippen LogP contribution is -2.22. The SMILES string of the molecule is CCCCN(C)c1nccc(N(C)C)n1. The first-order valence-electron chi connectivity index (χ1n) is 5.36. The number of hydrogen-bond acceptors (Lipinski definition) is 4. The Morgan fingerprint density at radius 2 is 2.00 bits per heavy atom. The first kappa shape index (κ1) is 11.8. The monoisotopic (exact) mass is 208 g/mol. The van der Waals surface area contributed by atoms with Gasteiger partial charge in [0.1, 0.15) is 5.82 Å². The fraction of sp³-hybridized carbons (Fsp3) is 0.636. The molecule has 4 nitrogen and oxygen atoms in total. The topological polar surface area (TPSA) is 32.3 Å². The molecule has 0 aliphatic heterocycles. The Morgan fingerprint density at radius 1 is 1.27 bits per heavy atom. The number of rotatable bonds is 5. The molecule has 0 spiro atoms. The van der Waals surface area contributed by atoms with E-state index in [1.807, 2.05) is 32.1 Å². The van der Waals surface area contributed by atoms with E-state index in [-0.39, 0.29) is 0 Å². The van der Waals surface area contributed by atoms with Crippen LogP contribution in [0.3, 0.4) is 0 Å². The van der Waals surface area contributed by atoms with E-state index in [4.69, 9.17) is 0 Å². The highest BCUT2D eigenvalue weighted by molar-refractivity contribution is 5.41. The number of nitrogens with zero attached hydrogens (tertiary/aromatic N) is 4. The molecule has 1 heterocycles. The summed E-state index contributed by atoms with van der Waals surface area (Å²) in [6.45, 7) is 3.19. The van der Waals surface area contributed by atoms with Crippen molar-refractivity contribution in [2.45, 2.75) is 19.8 Å². The summed E-state index contributed by atoms with van der Waals surface area (Å²) in [5, 5.41) is 0. The highest BCUT2D eigenvalue weighted by atomic mass is 15.3. The second-order valence-corrected chi connectivity index (χ2v) is 3.88. The summed E-state index contributed by atoms with van der Waals surface area (Å²) in [4.78, 5) is 12.8. The van der Waals surface area contributed by atoms with Gasteiger partial charge in [-0.1, -0.05) is 13.3 Å². The summed E-state index contributed by atoms with van der Waals surface area (Å²) >= 11 is 0. The smallest absolute Gasteiger partial charge is 0.226 e. The van der Waals surface area contributed by atoms with Crippen LogP contribution in [0.25, 0.3) is 0 Å². The third-order valence-electron chi connectivity index (χ3n) is 2.27. The van der Waals surface area contributed by atoms with Crippen molar-refractivity contribution in [3.8, 4) is 0 Å². The third kappa shape index (κ3) is 3.38. The van der Waals surface area contributed by atoms with Crippen LogP contribution in [0, 0.1) is 0 Å². The van der Waals surface area contributed by atoms with Gasteiger partial charge in [0.15, 0.2) is 0 Å². The normalized spacial score (nSPS) is 10.1. The second-order valence-electron chi connectivity index (χ2n) is 3.88. The molecule has 0 aromatic carbocycles. The van der Waals surface area contributed by atoms with Gasteiger partial charge in [0, 0.05) is 33.9 Å². The summed E-state index contributed by atoms with van der Waals surface area (Å²) in [5.41, 5.74) is 0. The highest BCUT2D eigenvalue weighted by Gasteiger charge is 2.05. The molecule has 0 unspecified atom stereocenters. The predicted molar refractivity (Wildman–Crippen MR) is 64.5 cm³/mol. The Hall–Kier alpha value is -1.32. The summed E-state index contributed by atoms with van der Waals surface area (Å²) < 4.78 is 0. The van der Waals surface area contributed by atoms with Gasteiger partial charge in [0.25, 0.3) is 0 Å². The quantitative estimate of drug-likeness (QED) is 0.738. The van der Waals surface area contributed by atoms with Crippen LogP contribution in [-0.4, -0.2) is 37.7 Å². The van der Waals surface area contributed by atoms with E-state index in [0.717, 1.165) is 18.3 Å². The van der Waals surface area contributed by atoms with Gasteiger partial charge in [-0.15, -0.1) is 0 Å². The molecule has 84 valence electrons. The lowest BCUT2D eigenvalue weighted by molar-refractivity contribution is 0.749. The zero-order valence-corrected chi connectivity index (χ0v) is 10.1. The standard InChI is InChI=1S/C11H20N4/c1-5-6-9-15(4)11-12-8-7-10(13-11)14(2)3/h7-8H,5-6,9H2,1-4H3. The molecule has 0 atom stereocenters. The Kier molecular flexibility index (Phi) is 4.34. The molecular formula is C11H20N4. The minimum Gasteiger partial charge on any atom is -0.363 e. The summed E-state index contributed by atoms with van der Waals surface area (Å²) in [6, 6.07) is 1.91. The van der Waals surface area contributed by atoms with Gasteiger partial charge in [-0.2, -0.15) is 4.98 Å². The van der Waals surface area contributed by atoms with Crippen LogP contribution in [0.4, 0.5) is 11.8 Å². The van der Waals surface area contributed by atoms with E-state index in [9.17, 15) is 0 Å². The molecule has 0 N–H and O–H groups in total. The largest absolute Gasteiger partial charge is 0.363 e. The zero-order valence-electron chi connectivity index (χ0n) is 10.1. The van der Waals surface area contributed by atoms with Gasteiger partial charge in [-0.05, 0) is 12.5 Å². The molecule has 0 aliphatic rings. The number of anilines is 2. The van der Waals surface area contributed by atoms with Crippen LogP contribution in [0.15, 0.2) is 12.3 Å². The summed E-state index contributed by atoms with van der Waals surface area (Å²) in [7, 11) is 6.00. The Labute approximate surface area is 91.9 Å². The minimum absolute atomic E-state index is 0.801. The second kappa shape index (κ2) is 5.53. The van der Waals surface area contributed by atoms with E-state index in [1.54, 1.807) is 6.20 Å². The maximum absolute atomic E-state index is 4.47. The van der Waals surface area contributed by atoms with Gasteiger partial charge in [-0.25, -0.2) is 4.98 Å². The highest BCUT2D eigenvalue weighted by Crippen LogP contribution is 2.11. The van der Waals surface area contributed by atoms with E-state index >= 15 is 0 Å². The maximum atomic E-state index is 4.47. The van der Waals surface area contributed by atoms with Gasteiger partial charge in [0.2, 0.25) is 5.95 Å². The van der Waals surface area contributed by atoms with E-state index in [2.05, 4.69) is 21.8 Å². The molecule has 0 aliphatic carbocycles. The van der Waals surface area contributed by atoms with Crippen LogP contribution in [-0.2, 0) is 0 Å². The van der Waals surface area contributed by atoms with Crippen LogP contribution < -0.4 is 9.80 Å². The lowest BCUT2D eigenvalue weighted by Gasteiger charge is -2.18. The fourth-order valence-corrected chi connectivity index (χ4v) is 1.27. The minimum atomic E-state index is 0.801. The first-order valence-corrected chi connectivity index (χ1v) is 5.36. The van der Waals surface area contributed by atoms with Crippen molar-refractivity contribution in [3.63, 3.8) is 0 Å². The molecule has 0 bridgehead atoms. The van der Waals surface area contributed by atoms with E-state index < -0.39 is 0 Å². The Balaban J connectivity index is 2.71. The molecule has 1 aromatic heterocycles. The van der Waals surface area contributed by atoms with Crippen molar-refractivity contribution >= 4 is 11.8 Å². The number of hydrogen-bond donors (Lipinski definition) is 0. The van der Waals surface area contributed by atoms with Gasteiger partial charge < -0.3 is 9.80 Å². The average Bonchev–Trinajstić information content (AvgIpc) is 2.26. The van der Waals surface area contributed by atoms with E-state index in [1.165, 1.54) is 12.8 Å². The fourth-order valence-electron chi connectivity index (χ4n) is 1.27. The van der Waals surface area contributed by atoms with Crippen LogP contribution in [0.5, 0.6) is 0 Å². The van der Waals surface area contributed by atoms with Crippen molar-refractivity contribution in [1.29, 1.82) is 0 Å². The summed E-state index contributed by atoms with van der Waals surface area (Å²) in [5.74, 6) is 1.75. The number of aromatic nitrogens is 2. The predicted octanol–water partition coefficient (Wildman–Crippen LogP) is 1.78. The van der Waals surface area contributed by atoms with Crippen molar-refractivity contribution in [1.82, 2.24) is 9.97 Å². The maximum Gasteiger partial charge on any atom is 0.226 e. The molecule has 0 fully saturated rings. The molecule has 4 heteroatoms. The number of unbranched alkanes of at least 4 members (excludes halogenated alkanes) is 1. The molecule has 0 amide bonds. The van der Waals surface area contributed by atoms with Gasteiger partial charge >= 0.3 is 0 Å². The van der Waals surface area contributed by atoms with Crippen molar-refractivity contribution in [2.24, 2.45) is 0 Å². The first-order chi connectivity index (χ1) is 7.15. The van der Waals surface area contributed by atoms with Crippen LogP contribution in [0.2, 0.25) is 0 Å². The Morgan fingerprint density at radius 3 is 2.60 bits per heavy atom. The lowest BCUT2D eigenvalue weighted by atomic mass is 10.3. The molecule has 1 aromatic rings. The molecule has 0 saturated heterocycles. The third-order valence-corrected chi connectivity index (χ3v) is 2.27. The zero-order chi connectivity index (χ0) is 11.3.